The van der Waals surface area contributed by atoms with E-state index < -0.39 is 41.5 Å². The minimum absolute atomic E-state index is 0.0376. The number of ether oxygens (including phenoxy) is 3. The van der Waals surface area contributed by atoms with Gasteiger partial charge in [0.15, 0.2) is 6.10 Å². The number of hydrazine groups is 1. The van der Waals surface area contributed by atoms with E-state index in [1.165, 1.54) is 0 Å². The number of hydrogen-bond donors (Lipinski definition) is 2. The number of aliphatic hydroxyl groups excluding tert-OH is 1. The lowest BCUT2D eigenvalue weighted by Gasteiger charge is -2.35. The monoisotopic (exact) mass is 438 g/mol. The van der Waals surface area contributed by atoms with Crippen molar-refractivity contribution in [3.63, 3.8) is 0 Å². The lowest BCUT2D eigenvalue weighted by atomic mass is 10.0. The van der Waals surface area contributed by atoms with Crippen molar-refractivity contribution in [2.45, 2.75) is 78.2 Å². The van der Waals surface area contributed by atoms with Gasteiger partial charge in [0.1, 0.15) is 11.2 Å². The van der Waals surface area contributed by atoms with Crippen LogP contribution in [-0.2, 0) is 25.4 Å². The molecule has 0 aromatic heterocycles. The van der Waals surface area contributed by atoms with Crippen LogP contribution in [0.3, 0.4) is 0 Å². The first kappa shape index (κ1) is 26.2. The van der Waals surface area contributed by atoms with E-state index >= 15 is 0 Å². The predicted molar refractivity (Wildman–Crippen MR) is 114 cm³/mol. The van der Waals surface area contributed by atoms with E-state index in [4.69, 9.17) is 14.2 Å². The van der Waals surface area contributed by atoms with Crippen molar-refractivity contribution in [2.75, 3.05) is 6.61 Å². The highest BCUT2D eigenvalue weighted by Crippen LogP contribution is 2.18. The number of carbonyl (C=O) groups excluding carboxylic acids is 3. The van der Waals surface area contributed by atoms with Crippen LogP contribution in [0, 0.1) is 0 Å². The second-order valence-corrected chi connectivity index (χ2v) is 8.92. The Morgan fingerprint density at radius 1 is 1.00 bits per heavy atom. The number of nitrogens with one attached hydrogen (secondary N) is 1. The van der Waals surface area contributed by atoms with Gasteiger partial charge in [-0.15, -0.1) is 0 Å². The van der Waals surface area contributed by atoms with E-state index in [2.05, 4.69) is 5.43 Å². The zero-order valence-electron chi connectivity index (χ0n) is 19.3. The second-order valence-electron chi connectivity index (χ2n) is 8.92. The fourth-order valence-corrected chi connectivity index (χ4v) is 2.56. The predicted octanol–water partition coefficient (Wildman–Crippen LogP) is 3.20. The van der Waals surface area contributed by atoms with Crippen LogP contribution in [0.15, 0.2) is 30.3 Å². The molecule has 1 rings (SSSR count). The van der Waals surface area contributed by atoms with Crippen molar-refractivity contribution < 1.29 is 33.7 Å². The van der Waals surface area contributed by atoms with Crippen molar-refractivity contribution in [2.24, 2.45) is 0 Å². The van der Waals surface area contributed by atoms with Gasteiger partial charge < -0.3 is 19.3 Å². The van der Waals surface area contributed by atoms with Crippen molar-refractivity contribution in [3.8, 4) is 0 Å². The fraction of sp³-hybridized carbons (Fsp3) is 0.591. The maximum Gasteiger partial charge on any atom is 0.429 e. The Balaban J connectivity index is 3.33. The number of rotatable bonds is 6. The van der Waals surface area contributed by atoms with Crippen LogP contribution in [0.1, 0.15) is 54.0 Å². The van der Waals surface area contributed by atoms with Crippen LogP contribution < -0.4 is 5.43 Å². The molecule has 2 N–H and O–H groups in total. The number of hydrogen-bond acceptors (Lipinski definition) is 7. The highest BCUT2D eigenvalue weighted by atomic mass is 16.6. The molecule has 0 aliphatic heterocycles. The minimum Gasteiger partial charge on any atom is -0.464 e. The zero-order chi connectivity index (χ0) is 23.8. The molecule has 0 aliphatic carbocycles. The van der Waals surface area contributed by atoms with Gasteiger partial charge in [-0.1, -0.05) is 30.3 Å². The quantitative estimate of drug-likeness (QED) is 0.398. The third kappa shape index (κ3) is 9.69. The molecule has 2 amide bonds. The number of carbonyl (C=O) groups is 3. The van der Waals surface area contributed by atoms with E-state index in [-0.39, 0.29) is 13.0 Å². The summed E-state index contributed by atoms with van der Waals surface area (Å²) in [6.45, 7) is 11.6. The van der Waals surface area contributed by atoms with Gasteiger partial charge in [0.05, 0.1) is 12.6 Å². The van der Waals surface area contributed by atoms with Gasteiger partial charge in [-0.3, -0.25) is 0 Å². The standard InChI is InChI=1S/C22H34N2O7/c1-8-29-18(26)17(25)16(14-15-12-10-9-11-13-15)24(20(28)31-22(5,6)7)23-19(27)30-21(2,3)4/h9-13,16-17,25H,8,14H2,1-7H3,(H,23,27). The molecular formula is C22H34N2O7. The zero-order valence-corrected chi connectivity index (χ0v) is 19.3. The molecule has 9 nitrogen and oxygen atoms in total. The molecule has 0 heterocycles. The first-order chi connectivity index (χ1) is 14.2. The lowest BCUT2D eigenvalue weighted by Crippen LogP contribution is -2.60. The van der Waals surface area contributed by atoms with Gasteiger partial charge in [0.2, 0.25) is 0 Å². The summed E-state index contributed by atoms with van der Waals surface area (Å²) in [7, 11) is 0. The third-order valence-corrected chi connectivity index (χ3v) is 3.71. The van der Waals surface area contributed by atoms with Crippen LogP contribution in [-0.4, -0.2) is 58.2 Å². The summed E-state index contributed by atoms with van der Waals surface area (Å²) in [5.41, 5.74) is 1.32. The molecule has 0 bridgehead atoms. The van der Waals surface area contributed by atoms with Crippen molar-refractivity contribution in [1.29, 1.82) is 0 Å². The van der Waals surface area contributed by atoms with Crippen LogP contribution in [0.2, 0.25) is 0 Å². The first-order valence-corrected chi connectivity index (χ1v) is 10.1. The molecule has 1 aromatic carbocycles. The average Bonchev–Trinajstić information content (AvgIpc) is 2.62. The first-order valence-electron chi connectivity index (χ1n) is 10.1. The van der Waals surface area contributed by atoms with Gasteiger partial charge in [-0.05, 0) is 60.5 Å². The number of amides is 2. The molecule has 0 fully saturated rings. The summed E-state index contributed by atoms with van der Waals surface area (Å²) in [6.07, 6.45) is -3.60. The Morgan fingerprint density at radius 3 is 2.03 bits per heavy atom. The number of esters is 1. The van der Waals surface area contributed by atoms with Gasteiger partial charge >= 0.3 is 18.2 Å². The molecule has 0 spiro atoms. The Bertz CT molecular complexity index is 738. The summed E-state index contributed by atoms with van der Waals surface area (Å²) in [6, 6.07) is 7.69. The number of nitrogens with zero attached hydrogens (tertiary/aromatic N) is 1. The molecule has 2 atom stereocenters. The van der Waals surface area contributed by atoms with E-state index in [1.54, 1.807) is 72.7 Å². The van der Waals surface area contributed by atoms with Crippen LogP contribution in [0.4, 0.5) is 9.59 Å². The van der Waals surface area contributed by atoms with Crippen LogP contribution >= 0.6 is 0 Å². The van der Waals surface area contributed by atoms with E-state index in [9.17, 15) is 19.5 Å². The maximum absolute atomic E-state index is 12.9. The molecule has 0 aliphatic rings. The maximum atomic E-state index is 12.9. The van der Waals surface area contributed by atoms with Gasteiger partial charge in [0.25, 0.3) is 0 Å². The van der Waals surface area contributed by atoms with Crippen molar-refractivity contribution in [3.05, 3.63) is 35.9 Å². The van der Waals surface area contributed by atoms with Gasteiger partial charge in [-0.2, -0.15) is 0 Å². The molecule has 2 unspecified atom stereocenters. The summed E-state index contributed by atoms with van der Waals surface area (Å²) >= 11 is 0. The molecule has 0 radical (unpaired) electrons. The summed E-state index contributed by atoms with van der Waals surface area (Å²) in [5, 5.41) is 11.5. The second kappa shape index (κ2) is 11.0. The Labute approximate surface area is 183 Å². The lowest BCUT2D eigenvalue weighted by molar-refractivity contribution is -0.157. The molecular weight excluding hydrogens is 404 g/mol. The SMILES string of the molecule is CCOC(=O)C(O)C(Cc1ccccc1)N(NC(=O)OC(C)(C)C)C(=O)OC(C)(C)C. The van der Waals surface area contributed by atoms with Crippen molar-refractivity contribution >= 4 is 18.2 Å². The Kier molecular flexibility index (Phi) is 9.30. The van der Waals surface area contributed by atoms with Gasteiger partial charge in [-0.25, -0.2) is 24.8 Å². The van der Waals surface area contributed by atoms with Crippen molar-refractivity contribution in [1.82, 2.24) is 10.4 Å². The normalized spacial score (nSPS) is 13.5. The summed E-state index contributed by atoms with van der Waals surface area (Å²) in [4.78, 5) is 37.7. The third-order valence-electron chi connectivity index (χ3n) is 3.71. The van der Waals surface area contributed by atoms with Crippen LogP contribution in [0.5, 0.6) is 0 Å². The highest BCUT2D eigenvalue weighted by molar-refractivity contribution is 5.79. The van der Waals surface area contributed by atoms with E-state index in [0.717, 1.165) is 10.6 Å². The Morgan fingerprint density at radius 2 is 1.55 bits per heavy atom. The summed E-state index contributed by atoms with van der Waals surface area (Å²) in [5.74, 6) is -0.928. The Hall–Kier alpha value is -2.81. The topological polar surface area (TPSA) is 114 Å². The van der Waals surface area contributed by atoms with Gasteiger partial charge in [0, 0.05) is 0 Å². The molecule has 9 heteroatoms. The molecule has 0 saturated carbocycles. The largest absolute Gasteiger partial charge is 0.464 e. The fourth-order valence-electron chi connectivity index (χ4n) is 2.56. The molecule has 0 saturated heterocycles. The average molecular weight is 439 g/mol. The number of aliphatic hydroxyl groups is 1. The number of benzene rings is 1. The smallest absolute Gasteiger partial charge is 0.429 e. The van der Waals surface area contributed by atoms with Crippen LogP contribution in [0.25, 0.3) is 0 Å². The van der Waals surface area contributed by atoms with E-state index in [1.807, 2.05) is 6.07 Å². The molecule has 174 valence electrons. The molecule has 31 heavy (non-hydrogen) atoms. The minimum atomic E-state index is -1.75. The summed E-state index contributed by atoms with van der Waals surface area (Å²) < 4.78 is 15.6. The molecule has 1 aromatic rings. The highest BCUT2D eigenvalue weighted by Gasteiger charge is 2.39. The van der Waals surface area contributed by atoms with E-state index in [0.29, 0.717) is 0 Å².